The lowest BCUT2D eigenvalue weighted by Crippen LogP contribution is -2.55. The molecule has 2 unspecified atom stereocenters. The molecule has 1 aliphatic heterocycles. The summed E-state index contributed by atoms with van der Waals surface area (Å²) in [4.78, 5) is 2.44. The SMILES string of the molecule is CCc1ccc(N2CC(CCO)NCC2C)cc1. The lowest BCUT2D eigenvalue weighted by Gasteiger charge is -2.40. The van der Waals surface area contributed by atoms with E-state index in [1.807, 2.05) is 0 Å². The van der Waals surface area contributed by atoms with Gasteiger partial charge in [-0.25, -0.2) is 0 Å². The fraction of sp³-hybridized carbons (Fsp3) is 0.600. The van der Waals surface area contributed by atoms with Gasteiger partial charge < -0.3 is 15.3 Å². The summed E-state index contributed by atoms with van der Waals surface area (Å²) < 4.78 is 0. The molecule has 0 aliphatic carbocycles. The largest absolute Gasteiger partial charge is 0.396 e. The summed E-state index contributed by atoms with van der Waals surface area (Å²) in [5, 5.41) is 12.5. The zero-order valence-corrected chi connectivity index (χ0v) is 11.4. The number of hydrogen-bond acceptors (Lipinski definition) is 3. The van der Waals surface area contributed by atoms with Crippen LogP contribution < -0.4 is 10.2 Å². The van der Waals surface area contributed by atoms with Crippen molar-refractivity contribution in [3.63, 3.8) is 0 Å². The Morgan fingerprint density at radius 2 is 2.06 bits per heavy atom. The van der Waals surface area contributed by atoms with Gasteiger partial charge in [-0.05, 0) is 37.5 Å². The van der Waals surface area contributed by atoms with E-state index < -0.39 is 0 Å². The molecule has 3 nitrogen and oxygen atoms in total. The molecule has 0 saturated carbocycles. The third kappa shape index (κ3) is 3.03. The van der Waals surface area contributed by atoms with E-state index in [0.717, 1.165) is 25.9 Å². The van der Waals surface area contributed by atoms with Crippen molar-refractivity contribution >= 4 is 5.69 Å². The highest BCUT2D eigenvalue weighted by atomic mass is 16.3. The summed E-state index contributed by atoms with van der Waals surface area (Å²) in [6.07, 6.45) is 1.92. The van der Waals surface area contributed by atoms with Crippen LogP contribution in [0, 0.1) is 0 Å². The van der Waals surface area contributed by atoms with Gasteiger partial charge in [0.1, 0.15) is 0 Å². The molecule has 1 heterocycles. The summed E-state index contributed by atoms with van der Waals surface area (Å²) >= 11 is 0. The van der Waals surface area contributed by atoms with E-state index >= 15 is 0 Å². The molecule has 2 N–H and O–H groups in total. The lowest BCUT2D eigenvalue weighted by atomic mass is 10.1. The topological polar surface area (TPSA) is 35.5 Å². The second kappa shape index (κ2) is 6.21. The quantitative estimate of drug-likeness (QED) is 0.853. The number of aryl methyl sites for hydroxylation is 1. The predicted octanol–water partition coefficient (Wildman–Crippen LogP) is 1.80. The number of hydrogen-bond donors (Lipinski definition) is 2. The van der Waals surface area contributed by atoms with Crippen LogP contribution in [0.15, 0.2) is 24.3 Å². The molecule has 0 radical (unpaired) electrons. The van der Waals surface area contributed by atoms with Crippen molar-refractivity contribution in [1.82, 2.24) is 5.32 Å². The van der Waals surface area contributed by atoms with Crippen LogP contribution >= 0.6 is 0 Å². The Morgan fingerprint density at radius 3 is 2.67 bits per heavy atom. The zero-order chi connectivity index (χ0) is 13.0. The maximum Gasteiger partial charge on any atom is 0.0446 e. The third-order valence-electron chi connectivity index (χ3n) is 3.80. The van der Waals surface area contributed by atoms with Crippen LogP contribution in [0.25, 0.3) is 0 Å². The van der Waals surface area contributed by atoms with Crippen molar-refractivity contribution in [2.45, 2.75) is 38.8 Å². The highest BCUT2D eigenvalue weighted by Crippen LogP contribution is 2.21. The van der Waals surface area contributed by atoms with E-state index in [1.165, 1.54) is 11.3 Å². The van der Waals surface area contributed by atoms with Gasteiger partial charge in [-0.15, -0.1) is 0 Å². The number of rotatable bonds is 4. The van der Waals surface area contributed by atoms with Crippen LogP contribution in [0.4, 0.5) is 5.69 Å². The minimum Gasteiger partial charge on any atom is -0.396 e. The Morgan fingerprint density at radius 1 is 1.33 bits per heavy atom. The molecule has 0 aromatic heterocycles. The smallest absolute Gasteiger partial charge is 0.0446 e. The summed E-state index contributed by atoms with van der Waals surface area (Å²) in [5.41, 5.74) is 2.68. The van der Waals surface area contributed by atoms with Crippen molar-refractivity contribution in [1.29, 1.82) is 0 Å². The van der Waals surface area contributed by atoms with Crippen molar-refractivity contribution in [3.8, 4) is 0 Å². The maximum atomic E-state index is 9.05. The van der Waals surface area contributed by atoms with Crippen molar-refractivity contribution in [2.24, 2.45) is 0 Å². The molecule has 1 saturated heterocycles. The zero-order valence-electron chi connectivity index (χ0n) is 11.4. The molecule has 18 heavy (non-hydrogen) atoms. The number of piperazine rings is 1. The number of nitrogens with one attached hydrogen (secondary N) is 1. The summed E-state index contributed by atoms with van der Waals surface area (Å²) in [6, 6.07) is 9.77. The first kappa shape index (κ1) is 13.4. The number of anilines is 1. The molecule has 1 aliphatic rings. The van der Waals surface area contributed by atoms with Gasteiger partial charge in [0.15, 0.2) is 0 Å². The highest BCUT2D eigenvalue weighted by molar-refractivity contribution is 5.49. The minimum absolute atomic E-state index is 0.259. The molecule has 1 aromatic rings. The Labute approximate surface area is 110 Å². The second-order valence-electron chi connectivity index (χ2n) is 5.14. The van der Waals surface area contributed by atoms with Crippen LogP contribution in [-0.2, 0) is 6.42 Å². The number of aliphatic hydroxyl groups excluding tert-OH is 1. The third-order valence-corrected chi connectivity index (χ3v) is 3.80. The first-order chi connectivity index (χ1) is 8.74. The number of nitrogens with zero attached hydrogens (tertiary/aromatic N) is 1. The van der Waals surface area contributed by atoms with Gasteiger partial charge in [-0.3, -0.25) is 0 Å². The Balaban J connectivity index is 2.08. The minimum atomic E-state index is 0.259. The summed E-state index contributed by atoms with van der Waals surface area (Å²) in [5.74, 6) is 0. The van der Waals surface area contributed by atoms with Crippen molar-refractivity contribution < 1.29 is 5.11 Å². The standard InChI is InChI=1S/C15H24N2O/c1-3-13-4-6-15(7-5-13)17-11-14(8-9-18)16-10-12(17)2/h4-7,12,14,16,18H,3,8-11H2,1-2H3. The van der Waals surface area contributed by atoms with E-state index in [4.69, 9.17) is 5.11 Å². The molecular weight excluding hydrogens is 224 g/mol. The molecule has 0 bridgehead atoms. The van der Waals surface area contributed by atoms with Crippen molar-refractivity contribution in [2.75, 3.05) is 24.6 Å². The molecule has 0 spiro atoms. The average molecular weight is 248 g/mol. The average Bonchev–Trinajstić information content (AvgIpc) is 2.41. The maximum absolute atomic E-state index is 9.05. The van der Waals surface area contributed by atoms with Crippen LogP contribution in [0.2, 0.25) is 0 Å². The van der Waals surface area contributed by atoms with Gasteiger partial charge in [0.25, 0.3) is 0 Å². The fourth-order valence-electron chi connectivity index (χ4n) is 2.56. The molecule has 1 aromatic carbocycles. The molecule has 3 heteroatoms. The van der Waals surface area contributed by atoms with E-state index in [-0.39, 0.29) is 6.61 Å². The molecular formula is C15H24N2O. The fourth-order valence-corrected chi connectivity index (χ4v) is 2.56. The molecule has 0 amide bonds. The van der Waals surface area contributed by atoms with Gasteiger partial charge in [0, 0.05) is 37.5 Å². The Bertz CT molecular complexity index is 363. The predicted molar refractivity (Wildman–Crippen MR) is 76.1 cm³/mol. The molecule has 2 rings (SSSR count). The Hall–Kier alpha value is -1.06. The van der Waals surface area contributed by atoms with E-state index in [2.05, 4.69) is 48.3 Å². The second-order valence-corrected chi connectivity index (χ2v) is 5.14. The van der Waals surface area contributed by atoms with Crippen LogP contribution in [0.5, 0.6) is 0 Å². The number of aliphatic hydroxyl groups is 1. The first-order valence-electron chi connectivity index (χ1n) is 6.94. The Kier molecular flexibility index (Phi) is 4.61. The van der Waals surface area contributed by atoms with Gasteiger partial charge in [0.05, 0.1) is 0 Å². The lowest BCUT2D eigenvalue weighted by molar-refractivity contribution is 0.255. The van der Waals surface area contributed by atoms with Crippen molar-refractivity contribution in [3.05, 3.63) is 29.8 Å². The van der Waals surface area contributed by atoms with Gasteiger partial charge in [-0.2, -0.15) is 0 Å². The van der Waals surface area contributed by atoms with Crippen LogP contribution in [-0.4, -0.2) is 36.9 Å². The van der Waals surface area contributed by atoms with Crippen LogP contribution in [0.3, 0.4) is 0 Å². The normalized spacial score (nSPS) is 24.3. The first-order valence-corrected chi connectivity index (χ1v) is 6.94. The van der Waals surface area contributed by atoms with Gasteiger partial charge >= 0.3 is 0 Å². The summed E-state index contributed by atoms with van der Waals surface area (Å²) in [7, 11) is 0. The molecule has 100 valence electrons. The van der Waals surface area contributed by atoms with Crippen LogP contribution in [0.1, 0.15) is 25.8 Å². The van der Waals surface area contributed by atoms with Gasteiger partial charge in [0.2, 0.25) is 0 Å². The molecule has 1 fully saturated rings. The van der Waals surface area contributed by atoms with E-state index in [9.17, 15) is 0 Å². The summed E-state index contributed by atoms with van der Waals surface area (Å²) in [6.45, 7) is 6.65. The number of benzene rings is 1. The van der Waals surface area contributed by atoms with E-state index in [0.29, 0.717) is 12.1 Å². The molecule has 2 atom stereocenters. The highest BCUT2D eigenvalue weighted by Gasteiger charge is 2.24. The van der Waals surface area contributed by atoms with Gasteiger partial charge in [-0.1, -0.05) is 19.1 Å². The monoisotopic (exact) mass is 248 g/mol. The van der Waals surface area contributed by atoms with E-state index in [1.54, 1.807) is 0 Å².